The van der Waals surface area contributed by atoms with Crippen molar-refractivity contribution in [2.75, 3.05) is 7.11 Å². The van der Waals surface area contributed by atoms with Crippen molar-refractivity contribution in [2.24, 2.45) is 0 Å². The maximum absolute atomic E-state index is 9.61. The van der Waals surface area contributed by atoms with Crippen molar-refractivity contribution in [3.8, 4) is 11.5 Å². The van der Waals surface area contributed by atoms with E-state index >= 15 is 0 Å². The second-order valence-corrected chi connectivity index (χ2v) is 3.64. The smallest absolute Gasteiger partial charge is 0.129 e. The molecule has 0 saturated carbocycles. The van der Waals surface area contributed by atoms with Gasteiger partial charge in [0.2, 0.25) is 0 Å². The lowest BCUT2D eigenvalue weighted by molar-refractivity contribution is 0.186. The molecule has 1 aromatic carbocycles. The molecule has 0 aromatic heterocycles. The summed E-state index contributed by atoms with van der Waals surface area (Å²) in [6.45, 7) is 7.24. The lowest BCUT2D eigenvalue weighted by atomic mass is 10.1. The Morgan fingerprint density at radius 1 is 1.38 bits per heavy atom. The third-order valence-electron chi connectivity index (χ3n) is 2.32. The number of ether oxygens (including phenoxy) is 2. The van der Waals surface area contributed by atoms with Crippen LogP contribution in [0.2, 0.25) is 0 Å². The van der Waals surface area contributed by atoms with Gasteiger partial charge >= 0.3 is 0 Å². The van der Waals surface area contributed by atoms with Crippen molar-refractivity contribution in [3.63, 3.8) is 0 Å². The van der Waals surface area contributed by atoms with Crippen molar-refractivity contribution in [2.45, 2.75) is 26.1 Å². The van der Waals surface area contributed by atoms with E-state index in [1.54, 1.807) is 38.3 Å². The molecule has 0 amide bonds. The summed E-state index contributed by atoms with van der Waals surface area (Å²) in [5.74, 6) is 1.33. The van der Waals surface area contributed by atoms with Gasteiger partial charge in [-0.1, -0.05) is 12.7 Å². The van der Waals surface area contributed by atoms with E-state index in [2.05, 4.69) is 6.58 Å². The molecule has 3 nitrogen and oxygen atoms in total. The van der Waals surface area contributed by atoms with E-state index in [0.29, 0.717) is 11.5 Å². The van der Waals surface area contributed by atoms with Gasteiger partial charge in [0.1, 0.15) is 17.6 Å². The first-order valence-corrected chi connectivity index (χ1v) is 5.23. The molecule has 0 aliphatic rings. The summed E-state index contributed by atoms with van der Waals surface area (Å²) in [5.41, 5.74) is 0.745. The Morgan fingerprint density at radius 3 is 2.56 bits per heavy atom. The molecule has 0 aliphatic heterocycles. The van der Waals surface area contributed by atoms with Gasteiger partial charge in [0.15, 0.2) is 0 Å². The average molecular weight is 222 g/mol. The Kier molecular flexibility index (Phi) is 4.38. The predicted octanol–water partition coefficient (Wildman–Crippen LogP) is 2.70. The molecule has 1 rings (SSSR count). The van der Waals surface area contributed by atoms with Gasteiger partial charge in [-0.2, -0.15) is 0 Å². The fourth-order valence-corrected chi connectivity index (χ4v) is 1.34. The van der Waals surface area contributed by atoms with Crippen LogP contribution in [-0.4, -0.2) is 18.3 Å². The Bertz CT molecular complexity index is 358. The standard InChI is InChI=1S/C13H18O3/c1-5-9(2)16-13-8-11(15-4)6-7-12(13)10(3)14/h5-10,14H,1H2,2-4H3/t9?,10-/m1/s1. The Morgan fingerprint density at radius 2 is 2.06 bits per heavy atom. The van der Waals surface area contributed by atoms with Crippen molar-refractivity contribution in [1.82, 2.24) is 0 Å². The topological polar surface area (TPSA) is 38.7 Å². The third kappa shape index (κ3) is 3.00. The van der Waals surface area contributed by atoms with Crippen molar-refractivity contribution in [3.05, 3.63) is 36.4 Å². The number of benzene rings is 1. The quantitative estimate of drug-likeness (QED) is 0.778. The van der Waals surface area contributed by atoms with E-state index in [-0.39, 0.29) is 6.10 Å². The lowest BCUT2D eigenvalue weighted by Crippen LogP contribution is -2.10. The minimum atomic E-state index is -0.571. The van der Waals surface area contributed by atoms with Crippen LogP contribution < -0.4 is 9.47 Å². The zero-order chi connectivity index (χ0) is 12.1. The van der Waals surface area contributed by atoms with Crippen LogP contribution >= 0.6 is 0 Å². The molecular weight excluding hydrogens is 204 g/mol. The zero-order valence-corrected chi connectivity index (χ0v) is 9.93. The van der Waals surface area contributed by atoms with E-state index in [9.17, 15) is 5.11 Å². The molecule has 88 valence electrons. The van der Waals surface area contributed by atoms with Gasteiger partial charge in [0.05, 0.1) is 13.2 Å². The largest absolute Gasteiger partial charge is 0.497 e. The zero-order valence-electron chi connectivity index (χ0n) is 9.93. The molecule has 1 unspecified atom stereocenters. The summed E-state index contributed by atoms with van der Waals surface area (Å²) >= 11 is 0. The van der Waals surface area contributed by atoms with E-state index in [1.807, 2.05) is 6.92 Å². The van der Waals surface area contributed by atoms with Gasteiger partial charge in [-0.15, -0.1) is 0 Å². The van der Waals surface area contributed by atoms with Crippen LogP contribution in [0.4, 0.5) is 0 Å². The molecular formula is C13H18O3. The molecule has 0 spiro atoms. The van der Waals surface area contributed by atoms with Crippen LogP contribution in [0, 0.1) is 0 Å². The van der Waals surface area contributed by atoms with Crippen molar-refractivity contribution in [1.29, 1.82) is 0 Å². The van der Waals surface area contributed by atoms with E-state index in [4.69, 9.17) is 9.47 Å². The minimum Gasteiger partial charge on any atom is -0.497 e. The summed E-state index contributed by atoms with van der Waals surface area (Å²) in [6, 6.07) is 5.37. The second kappa shape index (κ2) is 5.56. The summed E-state index contributed by atoms with van der Waals surface area (Å²) in [4.78, 5) is 0. The summed E-state index contributed by atoms with van der Waals surface area (Å²) < 4.78 is 10.8. The van der Waals surface area contributed by atoms with Gasteiger partial charge in [-0.25, -0.2) is 0 Å². The number of hydrogen-bond acceptors (Lipinski definition) is 3. The maximum atomic E-state index is 9.61. The van der Waals surface area contributed by atoms with E-state index in [1.165, 1.54) is 0 Å². The maximum Gasteiger partial charge on any atom is 0.129 e. The van der Waals surface area contributed by atoms with Crippen LogP contribution in [0.1, 0.15) is 25.5 Å². The number of aliphatic hydroxyl groups is 1. The number of methoxy groups -OCH3 is 1. The van der Waals surface area contributed by atoms with Crippen LogP contribution in [0.15, 0.2) is 30.9 Å². The third-order valence-corrected chi connectivity index (χ3v) is 2.32. The molecule has 0 saturated heterocycles. The summed E-state index contributed by atoms with van der Waals surface area (Å²) in [7, 11) is 1.60. The van der Waals surface area contributed by atoms with Crippen molar-refractivity contribution < 1.29 is 14.6 Å². The molecule has 0 fully saturated rings. The van der Waals surface area contributed by atoms with Gasteiger partial charge in [0, 0.05) is 11.6 Å². The van der Waals surface area contributed by atoms with Crippen LogP contribution in [-0.2, 0) is 0 Å². The molecule has 1 aromatic rings. The fourth-order valence-electron chi connectivity index (χ4n) is 1.34. The summed E-state index contributed by atoms with van der Waals surface area (Å²) in [5, 5.41) is 9.61. The molecule has 0 heterocycles. The molecule has 3 heteroatoms. The molecule has 16 heavy (non-hydrogen) atoms. The Labute approximate surface area is 96.3 Å². The minimum absolute atomic E-state index is 0.107. The number of rotatable bonds is 5. The van der Waals surface area contributed by atoms with Gasteiger partial charge in [-0.3, -0.25) is 0 Å². The first kappa shape index (κ1) is 12.6. The van der Waals surface area contributed by atoms with Crippen LogP contribution in [0.5, 0.6) is 11.5 Å². The van der Waals surface area contributed by atoms with Crippen LogP contribution in [0.25, 0.3) is 0 Å². The monoisotopic (exact) mass is 222 g/mol. The Balaban J connectivity index is 3.04. The van der Waals surface area contributed by atoms with Crippen LogP contribution in [0.3, 0.4) is 0 Å². The highest BCUT2D eigenvalue weighted by molar-refractivity contribution is 5.42. The first-order chi connectivity index (χ1) is 7.58. The molecule has 2 atom stereocenters. The van der Waals surface area contributed by atoms with Gasteiger partial charge in [-0.05, 0) is 26.0 Å². The first-order valence-electron chi connectivity index (χ1n) is 5.23. The highest BCUT2D eigenvalue weighted by Crippen LogP contribution is 2.30. The van der Waals surface area contributed by atoms with Gasteiger partial charge in [0.25, 0.3) is 0 Å². The molecule has 1 N–H and O–H groups in total. The average Bonchev–Trinajstić information content (AvgIpc) is 2.28. The number of hydrogen-bond donors (Lipinski definition) is 1. The van der Waals surface area contributed by atoms with E-state index < -0.39 is 6.10 Å². The van der Waals surface area contributed by atoms with Crippen molar-refractivity contribution >= 4 is 0 Å². The number of aliphatic hydroxyl groups excluding tert-OH is 1. The van der Waals surface area contributed by atoms with Gasteiger partial charge < -0.3 is 14.6 Å². The predicted molar refractivity (Wildman–Crippen MR) is 63.9 cm³/mol. The highest BCUT2D eigenvalue weighted by atomic mass is 16.5. The normalized spacial score (nSPS) is 14.0. The SMILES string of the molecule is C=CC(C)Oc1cc(OC)ccc1[C@@H](C)O. The second-order valence-electron chi connectivity index (χ2n) is 3.64. The Hall–Kier alpha value is -1.48. The summed E-state index contributed by atoms with van der Waals surface area (Å²) in [6.07, 6.45) is 1.02. The highest BCUT2D eigenvalue weighted by Gasteiger charge is 2.12. The molecule has 0 bridgehead atoms. The van der Waals surface area contributed by atoms with E-state index in [0.717, 1.165) is 5.56 Å². The lowest BCUT2D eigenvalue weighted by Gasteiger charge is -2.17. The fraction of sp³-hybridized carbons (Fsp3) is 0.385. The molecule has 0 radical (unpaired) electrons. The molecule has 0 aliphatic carbocycles.